The summed E-state index contributed by atoms with van der Waals surface area (Å²) in [6, 6.07) is 4.22. The second kappa shape index (κ2) is 5.85. The van der Waals surface area contributed by atoms with E-state index in [2.05, 4.69) is 54.2 Å². The normalized spacial score (nSPS) is 14.5. The molecule has 0 radical (unpaired) electrons. The SMILES string of the molecule is COCC(C)(CN)Nc1cc(C)c(Br)c(C)c1. The third kappa shape index (κ3) is 3.69. The number of hydrogen-bond acceptors (Lipinski definition) is 3. The second-order valence-electron chi connectivity index (χ2n) is 4.75. The maximum absolute atomic E-state index is 5.80. The summed E-state index contributed by atoms with van der Waals surface area (Å²) in [6.07, 6.45) is 0. The number of rotatable bonds is 5. The third-order valence-corrected chi connectivity index (χ3v) is 4.05. The summed E-state index contributed by atoms with van der Waals surface area (Å²) < 4.78 is 6.36. The molecule has 0 heterocycles. The minimum absolute atomic E-state index is 0.235. The molecule has 0 aromatic heterocycles. The molecule has 0 aliphatic carbocycles. The van der Waals surface area contributed by atoms with Gasteiger partial charge in [0.1, 0.15) is 0 Å². The molecule has 0 saturated carbocycles. The number of aryl methyl sites for hydroxylation is 2. The van der Waals surface area contributed by atoms with Gasteiger partial charge in [-0.25, -0.2) is 0 Å². The highest BCUT2D eigenvalue weighted by Gasteiger charge is 2.22. The first kappa shape index (κ1) is 14.5. The Balaban J connectivity index is 2.94. The lowest BCUT2D eigenvalue weighted by Crippen LogP contribution is -2.46. The van der Waals surface area contributed by atoms with Crippen LogP contribution < -0.4 is 11.1 Å². The van der Waals surface area contributed by atoms with Gasteiger partial charge in [0.2, 0.25) is 0 Å². The van der Waals surface area contributed by atoms with Crippen molar-refractivity contribution in [2.45, 2.75) is 26.3 Å². The topological polar surface area (TPSA) is 47.3 Å². The quantitative estimate of drug-likeness (QED) is 0.879. The summed E-state index contributed by atoms with van der Waals surface area (Å²) in [5.74, 6) is 0. The van der Waals surface area contributed by atoms with Gasteiger partial charge >= 0.3 is 0 Å². The van der Waals surface area contributed by atoms with E-state index in [1.807, 2.05) is 0 Å². The van der Waals surface area contributed by atoms with Crippen molar-refractivity contribution in [3.63, 3.8) is 0 Å². The molecule has 1 aromatic rings. The predicted molar refractivity (Wildman–Crippen MR) is 76.6 cm³/mol. The minimum Gasteiger partial charge on any atom is -0.382 e. The summed E-state index contributed by atoms with van der Waals surface area (Å²) in [6.45, 7) is 7.33. The maximum atomic E-state index is 5.80. The summed E-state index contributed by atoms with van der Waals surface area (Å²) >= 11 is 3.56. The molecule has 17 heavy (non-hydrogen) atoms. The lowest BCUT2D eigenvalue weighted by Gasteiger charge is -2.30. The standard InChI is InChI=1S/C13H21BrN2O/c1-9-5-11(6-10(2)12(9)14)16-13(3,7-15)8-17-4/h5-6,16H,7-8,15H2,1-4H3. The predicted octanol–water partition coefficient (Wildman–Crippen LogP) is 2.84. The van der Waals surface area contributed by atoms with Gasteiger partial charge in [0, 0.05) is 23.8 Å². The molecule has 96 valence electrons. The molecule has 0 saturated heterocycles. The average Bonchev–Trinajstić information content (AvgIpc) is 2.26. The van der Waals surface area contributed by atoms with Gasteiger partial charge in [0.15, 0.2) is 0 Å². The van der Waals surface area contributed by atoms with E-state index in [-0.39, 0.29) is 5.54 Å². The van der Waals surface area contributed by atoms with Crippen molar-refractivity contribution in [3.8, 4) is 0 Å². The molecular weight excluding hydrogens is 280 g/mol. The van der Waals surface area contributed by atoms with E-state index in [1.54, 1.807) is 7.11 Å². The number of ether oxygens (including phenoxy) is 1. The highest BCUT2D eigenvalue weighted by atomic mass is 79.9. The van der Waals surface area contributed by atoms with E-state index in [4.69, 9.17) is 10.5 Å². The Labute approximate surface area is 112 Å². The van der Waals surface area contributed by atoms with Crippen LogP contribution >= 0.6 is 15.9 Å². The Bertz CT molecular complexity index is 372. The molecule has 1 aromatic carbocycles. The summed E-state index contributed by atoms with van der Waals surface area (Å²) in [5.41, 5.74) is 9.06. The van der Waals surface area contributed by atoms with Gasteiger partial charge in [-0.3, -0.25) is 0 Å². The van der Waals surface area contributed by atoms with Crippen LogP contribution in [0, 0.1) is 13.8 Å². The van der Waals surface area contributed by atoms with Gasteiger partial charge in [-0.05, 0) is 44.0 Å². The molecule has 0 spiro atoms. The van der Waals surface area contributed by atoms with E-state index in [9.17, 15) is 0 Å². The zero-order valence-electron chi connectivity index (χ0n) is 10.9. The van der Waals surface area contributed by atoms with Gasteiger partial charge in [0.05, 0.1) is 12.1 Å². The first-order chi connectivity index (χ1) is 7.91. The Hall–Kier alpha value is -0.580. The highest BCUT2D eigenvalue weighted by Crippen LogP contribution is 2.26. The van der Waals surface area contributed by atoms with Crippen molar-refractivity contribution >= 4 is 21.6 Å². The number of halogens is 1. The molecule has 1 unspecified atom stereocenters. The third-order valence-electron chi connectivity index (χ3n) is 2.80. The average molecular weight is 301 g/mol. The van der Waals surface area contributed by atoms with Gasteiger partial charge in [0.25, 0.3) is 0 Å². The molecule has 1 atom stereocenters. The smallest absolute Gasteiger partial charge is 0.0702 e. The zero-order chi connectivity index (χ0) is 13.1. The summed E-state index contributed by atoms with van der Waals surface area (Å²) in [7, 11) is 1.69. The largest absolute Gasteiger partial charge is 0.382 e. The zero-order valence-corrected chi connectivity index (χ0v) is 12.5. The number of methoxy groups -OCH3 is 1. The van der Waals surface area contributed by atoms with Crippen LogP contribution in [0.15, 0.2) is 16.6 Å². The van der Waals surface area contributed by atoms with Crippen molar-refractivity contribution in [2.24, 2.45) is 5.73 Å². The fourth-order valence-electron chi connectivity index (χ4n) is 1.83. The van der Waals surface area contributed by atoms with Crippen molar-refractivity contribution < 1.29 is 4.74 Å². The second-order valence-corrected chi connectivity index (χ2v) is 5.54. The lowest BCUT2D eigenvalue weighted by molar-refractivity contribution is 0.153. The number of nitrogens with two attached hydrogens (primary N) is 1. The van der Waals surface area contributed by atoms with Gasteiger partial charge in [-0.2, -0.15) is 0 Å². The molecule has 3 nitrogen and oxygen atoms in total. The molecule has 0 aliphatic heterocycles. The number of benzene rings is 1. The minimum atomic E-state index is -0.235. The van der Waals surface area contributed by atoms with Crippen LogP contribution in [0.3, 0.4) is 0 Å². The number of nitrogens with one attached hydrogen (secondary N) is 1. The van der Waals surface area contributed by atoms with E-state index >= 15 is 0 Å². The van der Waals surface area contributed by atoms with Crippen LogP contribution in [-0.4, -0.2) is 25.8 Å². The highest BCUT2D eigenvalue weighted by molar-refractivity contribution is 9.10. The Morgan fingerprint density at radius 3 is 2.29 bits per heavy atom. The summed E-state index contributed by atoms with van der Waals surface area (Å²) in [4.78, 5) is 0. The van der Waals surface area contributed by atoms with Gasteiger partial charge in [-0.15, -0.1) is 0 Å². The van der Waals surface area contributed by atoms with Crippen LogP contribution in [0.5, 0.6) is 0 Å². The number of anilines is 1. The number of hydrogen-bond donors (Lipinski definition) is 2. The Morgan fingerprint density at radius 2 is 1.88 bits per heavy atom. The fourth-order valence-corrected chi connectivity index (χ4v) is 2.06. The van der Waals surface area contributed by atoms with Crippen LogP contribution in [-0.2, 0) is 4.74 Å². The molecule has 0 amide bonds. The van der Waals surface area contributed by atoms with E-state index in [0.717, 1.165) is 10.2 Å². The van der Waals surface area contributed by atoms with Gasteiger partial charge in [-0.1, -0.05) is 15.9 Å². The molecule has 0 bridgehead atoms. The Kier molecular flexibility index (Phi) is 4.98. The molecular formula is C13H21BrN2O. The van der Waals surface area contributed by atoms with Crippen LogP contribution in [0.1, 0.15) is 18.1 Å². The van der Waals surface area contributed by atoms with Crippen molar-refractivity contribution in [1.82, 2.24) is 0 Å². The van der Waals surface area contributed by atoms with Crippen molar-refractivity contribution in [3.05, 3.63) is 27.7 Å². The van der Waals surface area contributed by atoms with E-state index in [1.165, 1.54) is 11.1 Å². The lowest BCUT2D eigenvalue weighted by atomic mass is 10.0. The van der Waals surface area contributed by atoms with Crippen LogP contribution in [0.25, 0.3) is 0 Å². The van der Waals surface area contributed by atoms with E-state index < -0.39 is 0 Å². The fraction of sp³-hybridized carbons (Fsp3) is 0.538. The first-order valence-electron chi connectivity index (χ1n) is 5.66. The van der Waals surface area contributed by atoms with Crippen molar-refractivity contribution in [2.75, 3.05) is 25.6 Å². The maximum Gasteiger partial charge on any atom is 0.0702 e. The summed E-state index contributed by atoms with van der Waals surface area (Å²) in [5, 5.41) is 3.44. The van der Waals surface area contributed by atoms with Gasteiger partial charge < -0.3 is 15.8 Å². The molecule has 0 aliphatic rings. The van der Waals surface area contributed by atoms with Crippen LogP contribution in [0.4, 0.5) is 5.69 Å². The monoisotopic (exact) mass is 300 g/mol. The molecule has 4 heteroatoms. The van der Waals surface area contributed by atoms with Crippen LogP contribution in [0.2, 0.25) is 0 Å². The Morgan fingerprint density at radius 1 is 1.35 bits per heavy atom. The van der Waals surface area contributed by atoms with E-state index in [0.29, 0.717) is 13.2 Å². The van der Waals surface area contributed by atoms with Crippen molar-refractivity contribution in [1.29, 1.82) is 0 Å². The molecule has 1 rings (SSSR count). The molecule has 3 N–H and O–H groups in total. The molecule has 0 fully saturated rings. The first-order valence-corrected chi connectivity index (χ1v) is 6.45.